The monoisotopic (exact) mass is 412 g/mol. The number of nitro groups is 1. The van der Waals surface area contributed by atoms with Gasteiger partial charge in [-0.05, 0) is 17.5 Å². The Hall–Kier alpha value is -3.99. The van der Waals surface area contributed by atoms with Crippen LogP contribution in [0, 0.1) is 10.1 Å². The number of aromatic carboxylic acids is 1. The highest BCUT2D eigenvalue weighted by molar-refractivity contribution is 7.17. The Kier molecular flexibility index (Phi) is 4.35. The van der Waals surface area contributed by atoms with Crippen molar-refractivity contribution >= 4 is 33.2 Å². The van der Waals surface area contributed by atoms with Crippen LogP contribution in [0.3, 0.4) is 0 Å². The Balaban J connectivity index is 1.79. The van der Waals surface area contributed by atoms with Crippen LogP contribution in [0.2, 0.25) is 0 Å². The molecule has 0 saturated heterocycles. The van der Waals surface area contributed by atoms with E-state index in [1.807, 2.05) is 0 Å². The van der Waals surface area contributed by atoms with Gasteiger partial charge >= 0.3 is 5.97 Å². The molecule has 146 valence electrons. The van der Waals surface area contributed by atoms with E-state index in [9.17, 15) is 29.9 Å². The maximum atomic E-state index is 12.6. The van der Waals surface area contributed by atoms with Crippen molar-refractivity contribution in [2.24, 2.45) is 0 Å². The quantitative estimate of drug-likeness (QED) is 0.379. The summed E-state index contributed by atoms with van der Waals surface area (Å²) >= 11 is 1.10. The maximum absolute atomic E-state index is 12.6. The zero-order chi connectivity index (χ0) is 20.7. The van der Waals surface area contributed by atoms with Gasteiger partial charge in [-0.1, -0.05) is 12.1 Å². The van der Waals surface area contributed by atoms with Crippen LogP contribution in [0.25, 0.3) is 15.9 Å². The predicted octanol–water partition coefficient (Wildman–Crippen LogP) is 2.61. The third-order valence-electron chi connectivity index (χ3n) is 4.36. The molecule has 0 bridgehead atoms. The predicted molar refractivity (Wildman–Crippen MR) is 104 cm³/mol. The lowest BCUT2D eigenvalue weighted by atomic mass is 10.2. The van der Waals surface area contributed by atoms with Crippen molar-refractivity contribution < 1.29 is 19.9 Å². The summed E-state index contributed by atoms with van der Waals surface area (Å²) in [6, 6.07) is 7.70. The molecule has 0 aliphatic carbocycles. The summed E-state index contributed by atoms with van der Waals surface area (Å²) in [7, 11) is 0. The Bertz CT molecular complexity index is 1340. The van der Waals surface area contributed by atoms with Crippen LogP contribution in [0.4, 0.5) is 5.69 Å². The highest BCUT2D eigenvalue weighted by atomic mass is 32.1. The topological polar surface area (TPSA) is 140 Å². The van der Waals surface area contributed by atoms with Gasteiger partial charge in [-0.15, -0.1) is 11.3 Å². The summed E-state index contributed by atoms with van der Waals surface area (Å²) in [5.74, 6) is -2.22. The Labute approximate surface area is 165 Å². The smallest absolute Gasteiger partial charge is 0.341 e. The number of hydrogen-bond donors (Lipinski definition) is 2. The van der Waals surface area contributed by atoms with Crippen molar-refractivity contribution in [1.29, 1.82) is 0 Å². The number of carboxylic acids is 1. The first-order valence-corrected chi connectivity index (χ1v) is 9.10. The first kappa shape index (κ1) is 18.4. The molecule has 0 fully saturated rings. The Morgan fingerprint density at radius 1 is 1.28 bits per heavy atom. The SMILES string of the molecule is O=C(O)c1c(O)c(=O)n(Cc2cnn(-c3ccccc3[N+](=O)[O-])c2)c2ccsc12. The van der Waals surface area contributed by atoms with Crippen molar-refractivity contribution in [3.05, 3.63) is 79.7 Å². The van der Waals surface area contributed by atoms with Crippen molar-refractivity contribution in [3.8, 4) is 11.4 Å². The molecule has 0 unspecified atom stereocenters. The average molecular weight is 412 g/mol. The fourth-order valence-corrected chi connectivity index (χ4v) is 4.01. The zero-order valence-electron chi connectivity index (χ0n) is 14.6. The van der Waals surface area contributed by atoms with E-state index in [4.69, 9.17) is 0 Å². The van der Waals surface area contributed by atoms with Gasteiger partial charge in [-0.2, -0.15) is 5.10 Å². The van der Waals surface area contributed by atoms with Gasteiger partial charge < -0.3 is 10.2 Å². The summed E-state index contributed by atoms with van der Waals surface area (Å²) in [5.41, 5.74) is -0.212. The first-order valence-electron chi connectivity index (χ1n) is 8.22. The molecular formula is C18H12N4O6S. The molecule has 0 radical (unpaired) electrons. The number of benzene rings is 1. The molecule has 1 aromatic carbocycles. The minimum Gasteiger partial charge on any atom is -0.502 e. The van der Waals surface area contributed by atoms with Gasteiger partial charge in [0.1, 0.15) is 11.3 Å². The van der Waals surface area contributed by atoms with Gasteiger partial charge in [-0.3, -0.25) is 19.5 Å². The summed E-state index contributed by atoms with van der Waals surface area (Å²) in [6.07, 6.45) is 2.98. The number of rotatable bonds is 5. The van der Waals surface area contributed by atoms with Gasteiger partial charge in [0.25, 0.3) is 11.2 Å². The van der Waals surface area contributed by atoms with Crippen LogP contribution >= 0.6 is 11.3 Å². The van der Waals surface area contributed by atoms with E-state index in [2.05, 4.69) is 5.10 Å². The molecule has 0 atom stereocenters. The lowest BCUT2D eigenvalue weighted by Gasteiger charge is -2.09. The lowest BCUT2D eigenvalue weighted by Crippen LogP contribution is -2.22. The van der Waals surface area contributed by atoms with Crippen molar-refractivity contribution in [2.75, 3.05) is 0 Å². The molecular weight excluding hydrogens is 400 g/mol. The maximum Gasteiger partial charge on any atom is 0.341 e. The molecule has 3 heterocycles. The molecule has 4 aromatic rings. The van der Waals surface area contributed by atoms with Crippen molar-refractivity contribution in [1.82, 2.24) is 14.3 Å². The van der Waals surface area contributed by atoms with E-state index < -0.39 is 27.8 Å². The molecule has 0 saturated carbocycles. The van der Waals surface area contributed by atoms with Gasteiger partial charge in [0.05, 0.1) is 27.9 Å². The standard InChI is InChI=1S/C18H12N4O6S/c23-15-14(18(25)26)16-13(5-6-29-16)20(17(15)24)8-10-7-19-21(9-10)11-3-1-2-4-12(11)22(27)28/h1-7,9,23H,8H2,(H,25,26). The van der Waals surface area contributed by atoms with E-state index >= 15 is 0 Å². The number of pyridine rings is 1. The van der Waals surface area contributed by atoms with Gasteiger partial charge in [0.15, 0.2) is 5.75 Å². The van der Waals surface area contributed by atoms with Gasteiger partial charge in [0.2, 0.25) is 0 Å². The highest BCUT2D eigenvalue weighted by Crippen LogP contribution is 2.29. The van der Waals surface area contributed by atoms with E-state index in [1.165, 1.54) is 27.7 Å². The number of nitrogens with zero attached hydrogens (tertiary/aromatic N) is 4. The fourth-order valence-electron chi connectivity index (χ4n) is 3.08. The van der Waals surface area contributed by atoms with Crippen LogP contribution in [-0.4, -0.2) is 35.5 Å². The van der Waals surface area contributed by atoms with Gasteiger partial charge in [0, 0.05) is 17.8 Å². The van der Waals surface area contributed by atoms with E-state index in [0.29, 0.717) is 11.1 Å². The van der Waals surface area contributed by atoms with E-state index in [1.54, 1.807) is 29.6 Å². The molecule has 11 heteroatoms. The van der Waals surface area contributed by atoms with Crippen molar-refractivity contribution in [2.45, 2.75) is 6.54 Å². The lowest BCUT2D eigenvalue weighted by molar-refractivity contribution is -0.384. The number of para-hydroxylation sites is 2. The number of fused-ring (bicyclic) bond motifs is 1. The number of nitro benzene ring substituents is 1. The zero-order valence-corrected chi connectivity index (χ0v) is 15.4. The largest absolute Gasteiger partial charge is 0.502 e. The van der Waals surface area contributed by atoms with Crippen LogP contribution in [0.1, 0.15) is 15.9 Å². The van der Waals surface area contributed by atoms with Crippen LogP contribution in [0.15, 0.2) is 52.9 Å². The second-order valence-corrected chi connectivity index (χ2v) is 7.01. The molecule has 0 spiro atoms. The number of thiophene rings is 1. The number of aromatic nitrogens is 3. The summed E-state index contributed by atoms with van der Waals surface area (Å²) in [6.45, 7) is 0.000156. The van der Waals surface area contributed by atoms with E-state index in [-0.39, 0.29) is 22.6 Å². The highest BCUT2D eigenvalue weighted by Gasteiger charge is 2.23. The van der Waals surface area contributed by atoms with Crippen LogP contribution < -0.4 is 5.56 Å². The molecule has 10 nitrogen and oxygen atoms in total. The minimum atomic E-state index is -1.39. The molecule has 0 aliphatic heterocycles. The molecule has 0 aliphatic rings. The summed E-state index contributed by atoms with van der Waals surface area (Å²) in [4.78, 5) is 34.7. The summed E-state index contributed by atoms with van der Waals surface area (Å²) < 4.78 is 2.85. The Morgan fingerprint density at radius 3 is 2.76 bits per heavy atom. The normalized spacial score (nSPS) is 11.0. The van der Waals surface area contributed by atoms with Gasteiger partial charge in [-0.25, -0.2) is 9.48 Å². The third kappa shape index (κ3) is 3.02. The van der Waals surface area contributed by atoms with Crippen LogP contribution in [0.5, 0.6) is 5.75 Å². The molecule has 4 rings (SSSR count). The minimum absolute atomic E-state index is 0.000156. The molecule has 0 amide bonds. The number of aromatic hydroxyl groups is 1. The van der Waals surface area contributed by atoms with E-state index in [0.717, 1.165) is 11.3 Å². The Morgan fingerprint density at radius 2 is 2.03 bits per heavy atom. The van der Waals surface area contributed by atoms with Crippen molar-refractivity contribution in [3.63, 3.8) is 0 Å². The van der Waals surface area contributed by atoms with Crippen LogP contribution in [-0.2, 0) is 6.54 Å². The molecule has 2 N–H and O–H groups in total. The second kappa shape index (κ2) is 6.87. The average Bonchev–Trinajstić information content (AvgIpc) is 3.34. The second-order valence-electron chi connectivity index (χ2n) is 6.09. The number of hydrogen-bond acceptors (Lipinski definition) is 7. The molecule has 3 aromatic heterocycles. The first-order chi connectivity index (χ1) is 13.9. The molecule has 29 heavy (non-hydrogen) atoms. The number of carboxylic acid groups (broad SMARTS) is 1. The third-order valence-corrected chi connectivity index (χ3v) is 5.28. The summed E-state index contributed by atoms with van der Waals surface area (Å²) in [5, 5.41) is 36.4. The fraction of sp³-hybridized carbons (Fsp3) is 0.0556. The number of carbonyl (C=O) groups is 1.